The summed E-state index contributed by atoms with van der Waals surface area (Å²) in [4.78, 5) is 2.26. The lowest BCUT2D eigenvalue weighted by Gasteiger charge is -2.17. The second-order valence-corrected chi connectivity index (χ2v) is 6.09. The first-order valence-electron chi connectivity index (χ1n) is 8.57. The number of rotatable bonds is 8. The highest BCUT2D eigenvalue weighted by Gasteiger charge is 2.01. The van der Waals surface area contributed by atoms with Gasteiger partial charge in [0.15, 0.2) is 0 Å². The van der Waals surface area contributed by atoms with Crippen LogP contribution in [0.1, 0.15) is 5.56 Å². The molecule has 3 nitrogen and oxygen atoms in total. The highest BCUT2D eigenvalue weighted by molar-refractivity contribution is 5.59. The lowest BCUT2D eigenvalue weighted by molar-refractivity contribution is 0.233. The highest BCUT2D eigenvalue weighted by atomic mass is 16.5. The molecule has 0 spiro atoms. The molecule has 128 valence electrons. The maximum atomic E-state index is 5.85. The Morgan fingerprint density at radius 3 is 2.04 bits per heavy atom. The summed E-state index contributed by atoms with van der Waals surface area (Å²) < 4.78 is 5.85. The number of anilines is 2. The van der Waals surface area contributed by atoms with Crippen molar-refractivity contribution in [1.82, 2.24) is 4.90 Å². The molecule has 0 bridgehead atoms. The fourth-order valence-electron chi connectivity index (χ4n) is 2.62. The van der Waals surface area contributed by atoms with E-state index in [1.54, 1.807) is 0 Å². The largest absolute Gasteiger partial charge is 0.492 e. The first kappa shape index (κ1) is 17.1. The molecule has 1 N–H and O–H groups in total. The Balaban J connectivity index is 1.42. The van der Waals surface area contributed by atoms with E-state index in [1.807, 2.05) is 60.7 Å². The molecule has 0 unspecified atom stereocenters. The minimum Gasteiger partial charge on any atom is -0.492 e. The van der Waals surface area contributed by atoms with Crippen LogP contribution in [0.25, 0.3) is 0 Å². The number of likely N-dealkylation sites (N-methyl/N-ethyl adjacent to an activating group) is 1. The number of hydrogen-bond donors (Lipinski definition) is 1. The van der Waals surface area contributed by atoms with E-state index in [9.17, 15) is 0 Å². The van der Waals surface area contributed by atoms with Gasteiger partial charge in [0, 0.05) is 24.5 Å². The standard InChI is InChI=1S/C22H24N2O/c1-24(18-19-8-4-2-5-9-19)16-17-25-22-14-12-21(13-15-22)23-20-10-6-3-7-11-20/h2-15,23H,16-18H2,1H3. The maximum Gasteiger partial charge on any atom is 0.119 e. The average Bonchev–Trinajstić information content (AvgIpc) is 2.65. The molecule has 0 atom stereocenters. The highest BCUT2D eigenvalue weighted by Crippen LogP contribution is 2.19. The molecule has 0 saturated carbocycles. The fourth-order valence-corrected chi connectivity index (χ4v) is 2.62. The van der Waals surface area contributed by atoms with Crippen LogP contribution >= 0.6 is 0 Å². The van der Waals surface area contributed by atoms with E-state index >= 15 is 0 Å². The summed E-state index contributed by atoms with van der Waals surface area (Å²) in [7, 11) is 2.11. The van der Waals surface area contributed by atoms with Gasteiger partial charge in [0.2, 0.25) is 0 Å². The quantitative estimate of drug-likeness (QED) is 0.632. The fraction of sp³-hybridized carbons (Fsp3) is 0.182. The SMILES string of the molecule is CN(CCOc1ccc(Nc2ccccc2)cc1)Cc1ccccc1. The van der Waals surface area contributed by atoms with Gasteiger partial charge in [-0.25, -0.2) is 0 Å². The van der Waals surface area contributed by atoms with E-state index in [2.05, 4.69) is 41.5 Å². The normalized spacial score (nSPS) is 10.6. The molecule has 3 aromatic rings. The molecule has 0 aliphatic rings. The van der Waals surface area contributed by atoms with Crippen LogP contribution in [-0.2, 0) is 6.54 Å². The van der Waals surface area contributed by atoms with Gasteiger partial charge >= 0.3 is 0 Å². The third kappa shape index (κ3) is 5.66. The van der Waals surface area contributed by atoms with Gasteiger partial charge in [-0.1, -0.05) is 48.5 Å². The summed E-state index contributed by atoms with van der Waals surface area (Å²) >= 11 is 0. The topological polar surface area (TPSA) is 24.5 Å². The molecule has 0 radical (unpaired) electrons. The van der Waals surface area contributed by atoms with Gasteiger partial charge in [-0.3, -0.25) is 4.90 Å². The van der Waals surface area contributed by atoms with Crippen LogP contribution in [-0.4, -0.2) is 25.1 Å². The van der Waals surface area contributed by atoms with E-state index < -0.39 is 0 Å². The Morgan fingerprint density at radius 1 is 0.760 bits per heavy atom. The summed E-state index contributed by atoms with van der Waals surface area (Å²) in [6, 6.07) is 28.7. The zero-order valence-corrected chi connectivity index (χ0v) is 14.6. The predicted molar refractivity (Wildman–Crippen MR) is 104 cm³/mol. The van der Waals surface area contributed by atoms with Crippen LogP contribution in [0.3, 0.4) is 0 Å². The van der Waals surface area contributed by atoms with Crippen molar-refractivity contribution in [2.24, 2.45) is 0 Å². The molecule has 3 aromatic carbocycles. The van der Waals surface area contributed by atoms with Gasteiger partial charge < -0.3 is 10.1 Å². The minimum absolute atomic E-state index is 0.675. The van der Waals surface area contributed by atoms with Gasteiger partial charge in [0.1, 0.15) is 12.4 Å². The van der Waals surface area contributed by atoms with Gasteiger partial charge in [-0.2, -0.15) is 0 Å². The summed E-state index contributed by atoms with van der Waals surface area (Å²) in [6.45, 7) is 2.50. The molecule has 0 heterocycles. The molecular weight excluding hydrogens is 308 g/mol. The zero-order valence-electron chi connectivity index (χ0n) is 14.6. The number of hydrogen-bond acceptors (Lipinski definition) is 3. The predicted octanol–water partition coefficient (Wildman–Crippen LogP) is 4.94. The van der Waals surface area contributed by atoms with Crippen LogP contribution < -0.4 is 10.1 Å². The van der Waals surface area contributed by atoms with Crippen LogP contribution in [0.4, 0.5) is 11.4 Å². The van der Waals surface area contributed by atoms with Gasteiger partial charge in [-0.15, -0.1) is 0 Å². The second-order valence-electron chi connectivity index (χ2n) is 6.09. The van der Waals surface area contributed by atoms with E-state index in [4.69, 9.17) is 4.74 Å². The molecular formula is C22H24N2O. The number of nitrogens with one attached hydrogen (secondary N) is 1. The van der Waals surface area contributed by atoms with Gasteiger partial charge in [0.25, 0.3) is 0 Å². The van der Waals surface area contributed by atoms with E-state index in [-0.39, 0.29) is 0 Å². The van der Waals surface area contributed by atoms with E-state index in [0.717, 1.165) is 30.2 Å². The maximum absolute atomic E-state index is 5.85. The van der Waals surface area contributed by atoms with Crippen molar-refractivity contribution >= 4 is 11.4 Å². The Morgan fingerprint density at radius 2 is 1.36 bits per heavy atom. The molecule has 3 heteroatoms. The van der Waals surface area contributed by atoms with Crippen molar-refractivity contribution in [1.29, 1.82) is 0 Å². The third-order valence-corrected chi connectivity index (χ3v) is 3.95. The summed E-state index contributed by atoms with van der Waals surface area (Å²) in [5, 5.41) is 3.37. The first-order valence-corrected chi connectivity index (χ1v) is 8.57. The molecule has 0 saturated heterocycles. The molecule has 0 aliphatic carbocycles. The van der Waals surface area contributed by atoms with Crippen molar-refractivity contribution in [2.75, 3.05) is 25.5 Å². The van der Waals surface area contributed by atoms with Gasteiger partial charge in [0.05, 0.1) is 0 Å². The van der Waals surface area contributed by atoms with Crippen molar-refractivity contribution in [3.8, 4) is 5.75 Å². The lowest BCUT2D eigenvalue weighted by Crippen LogP contribution is -2.23. The average molecular weight is 332 g/mol. The van der Waals surface area contributed by atoms with Crippen molar-refractivity contribution in [3.05, 3.63) is 90.5 Å². The van der Waals surface area contributed by atoms with Crippen molar-refractivity contribution in [3.63, 3.8) is 0 Å². The summed E-state index contributed by atoms with van der Waals surface area (Å²) in [6.07, 6.45) is 0. The Labute approximate surface area is 149 Å². The Kier molecular flexibility index (Phi) is 6.07. The third-order valence-electron chi connectivity index (χ3n) is 3.95. The molecule has 0 aromatic heterocycles. The summed E-state index contributed by atoms with van der Waals surface area (Å²) in [5.41, 5.74) is 3.46. The second kappa shape index (κ2) is 8.90. The minimum atomic E-state index is 0.675. The summed E-state index contributed by atoms with van der Waals surface area (Å²) in [5.74, 6) is 0.895. The molecule has 3 rings (SSSR count). The van der Waals surface area contributed by atoms with Crippen LogP contribution in [0.5, 0.6) is 5.75 Å². The number of ether oxygens (including phenoxy) is 1. The Bertz CT molecular complexity index is 742. The van der Waals surface area contributed by atoms with Crippen LogP contribution in [0.2, 0.25) is 0 Å². The van der Waals surface area contributed by atoms with E-state index in [0.29, 0.717) is 6.61 Å². The lowest BCUT2D eigenvalue weighted by atomic mass is 10.2. The van der Waals surface area contributed by atoms with Crippen molar-refractivity contribution in [2.45, 2.75) is 6.54 Å². The Hall–Kier alpha value is -2.78. The number of para-hydroxylation sites is 1. The molecule has 0 aliphatic heterocycles. The number of benzene rings is 3. The van der Waals surface area contributed by atoms with Crippen LogP contribution in [0, 0.1) is 0 Å². The monoisotopic (exact) mass is 332 g/mol. The smallest absolute Gasteiger partial charge is 0.119 e. The molecule has 0 amide bonds. The molecule has 25 heavy (non-hydrogen) atoms. The zero-order chi connectivity index (χ0) is 17.3. The first-order chi connectivity index (χ1) is 12.3. The van der Waals surface area contributed by atoms with Crippen molar-refractivity contribution < 1.29 is 4.74 Å². The van der Waals surface area contributed by atoms with E-state index in [1.165, 1.54) is 5.56 Å². The van der Waals surface area contributed by atoms with Crippen LogP contribution in [0.15, 0.2) is 84.9 Å². The molecule has 0 fully saturated rings. The number of nitrogens with zero attached hydrogens (tertiary/aromatic N) is 1. The van der Waals surface area contributed by atoms with Gasteiger partial charge in [-0.05, 0) is 49.0 Å².